The zero-order valence-corrected chi connectivity index (χ0v) is 23.9. The van der Waals surface area contributed by atoms with Crippen LogP contribution < -0.4 is 14.9 Å². The molecule has 1 N–H and O–H groups in total. The number of amides is 1. The maximum atomic E-state index is 12.8. The fourth-order valence-electron chi connectivity index (χ4n) is 4.50. The summed E-state index contributed by atoms with van der Waals surface area (Å²) in [5.41, 5.74) is 10.2. The first-order valence-electron chi connectivity index (χ1n) is 13.2. The number of hydrogen-bond acceptors (Lipinski definition) is 4. The van der Waals surface area contributed by atoms with Crippen molar-refractivity contribution in [3.8, 4) is 28.4 Å². The standard InChI is InChI=1S/C34H30ClN3O3/c1-23-9-12-25(13-10-23)22-41-33-30(35)19-26(20-32(33)40-3)21-36-37-34(39)28-14-16-29(17-15-28)38-24(2)11-18-31(38)27-7-5-4-6-8-27/h4-21H,22H2,1-3H3,(H,37,39)/b36-21+. The van der Waals surface area contributed by atoms with E-state index in [4.69, 9.17) is 21.1 Å². The second kappa shape index (κ2) is 12.6. The Balaban J connectivity index is 1.25. The molecule has 7 heteroatoms. The van der Waals surface area contributed by atoms with Crippen molar-refractivity contribution in [2.45, 2.75) is 20.5 Å². The molecular weight excluding hydrogens is 534 g/mol. The van der Waals surface area contributed by atoms with Crippen LogP contribution in [0.1, 0.15) is 32.7 Å². The first kappa shape index (κ1) is 27.7. The smallest absolute Gasteiger partial charge is 0.271 e. The number of methoxy groups -OCH3 is 1. The summed E-state index contributed by atoms with van der Waals surface area (Å²) in [5.74, 6) is 0.601. The summed E-state index contributed by atoms with van der Waals surface area (Å²) >= 11 is 6.50. The third-order valence-electron chi connectivity index (χ3n) is 6.67. The summed E-state index contributed by atoms with van der Waals surface area (Å²) in [6.45, 7) is 4.46. The topological polar surface area (TPSA) is 64.8 Å². The van der Waals surface area contributed by atoms with E-state index in [1.165, 1.54) is 11.8 Å². The fourth-order valence-corrected chi connectivity index (χ4v) is 4.78. The molecule has 1 heterocycles. The van der Waals surface area contributed by atoms with E-state index in [0.717, 1.165) is 28.2 Å². The summed E-state index contributed by atoms with van der Waals surface area (Å²) in [5, 5.41) is 4.51. The molecule has 0 aliphatic carbocycles. The van der Waals surface area contributed by atoms with Gasteiger partial charge in [-0.1, -0.05) is 71.8 Å². The molecule has 4 aromatic carbocycles. The summed E-state index contributed by atoms with van der Waals surface area (Å²) in [4.78, 5) is 12.8. The van der Waals surface area contributed by atoms with Crippen LogP contribution in [0.25, 0.3) is 16.9 Å². The first-order valence-corrected chi connectivity index (χ1v) is 13.5. The van der Waals surface area contributed by atoms with Crippen molar-refractivity contribution >= 4 is 23.7 Å². The number of rotatable bonds is 9. The van der Waals surface area contributed by atoms with Gasteiger partial charge >= 0.3 is 0 Å². The Labute approximate surface area is 244 Å². The van der Waals surface area contributed by atoms with Crippen LogP contribution in [0.4, 0.5) is 0 Å². The Morgan fingerprint density at radius 1 is 0.927 bits per heavy atom. The van der Waals surface area contributed by atoms with E-state index in [0.29, 0.717) is 34.3 Å². The zero-order chi connectivity index (χ0) is 28.8. The second-order valence-electron chi connectivity index (χ2n) is 9.62. The van der Waals surface area contributed by atoms with Gasteiger partial charge in [-0.2, -0.15) is 5.10 Å². The van der Waals surface area contributed by atoms with Gasteiger partial charge < -0.3 is 14.0 Å². The van der Waals surface area contributed by atoms with Crippen molar-refractivity contribution in [3.63, 3.8) is 0 Å². The zero-order valence-electron chi connectivity index (χ0n) is 23.1. The summed E-state index contributed by atoms with van der Waals surface area (Å²) in [6, 6.07) is 33.4. The highest BCUT2D eigenvalue weighted by Gasteiger charge is 2.13. The molecule has 0 aliphatic rings. The molecule has 0 saturated heterocycles. The van der Waals surface area contributed by atoms with Gasteiger partial charge in [0.05, 0.1) is 24.0 Å². The average molecular weight is 564 g/mol. The number of nitrogens with zero attached hydrogens (tertiary/aromatic N) is 2. The van der Waals surface area contributed by atoms with Gasteiger partial charge in [0, 0.05) is 16.9 Å². The molecule has 1 aromatic heterocycles. The SMILES string of the molecule is COc1cc(/C=N/NC(=O)c2ccc(-n3c(C)ccc3-c3ccccc3)cc2)cc(Cl)c1OCc1ccc(C)cc1. The van der Waals surface area contributed by atoms with E-state index < -0.39 is 0 Å². The van der Waals surface area contributed by atoms with Gasteiger partial charge in [-0.05, 0) is 79.1 Å². The summed E-state index contributed by atoms with van der Waals surface area (Å²) in [6.07, 6.45) is 1.51. The first-order chi connectivity index (χ1) is 19.9. The Morgan fingerprint density at radius 2 is 1.66 bits per heavy atom. The monoisotopic (exact) mass is 563 g/mol. The lowest BCUT2D eigenvalue weighted by atomic mass is 10.1. The van der Waals surface area contributed by atoms with Crippen LogP contribution in [0.3, 0.4) is 0 Å². The van der Waals surface area contributed by atoms with Crippen molar-refractivity contribution in [2.75, 3.05) is 7.11 Å². The molecule has 0 unspecified atom stereocenters. The number of carbonyl (C=O) groups is 1. The number of carbonyl (C=O) groups excluding carboxylic acids is 1. The van der Waals surface area contributed by atoms with Crippen molar-refractivity contribution in [3.05, 3.63) is 136 Å². The highest BCUT2D eigenvalue weighted by Crippen LogP contribution is 2.36. The lowest BCUT2D eigenvalue weighted by Gasteiger charge is -2.13. The van der Waals surface area contributed by atoms with Crippen molar-refractivity contribution in [1.29, 1.82) is 0 Å². The van der Waals surface area contributed by atoms with Crippen LogP contribution in [0, 0.1) is 13.8 Å². The van der Waals surface area contributed by atoms with Gasteiger partial charge in [0.2, 0.25) is 0 Å². The number of aryl methyl sites for hydroxylation is 2. The number of hydrogen-bond donors (Lipinski definition) is 1. The van der Waals surface area contributed by atoms with Gasteiger partial charge in [-0.15, -0.1) is 0 Å². The molecule has 41 heavy (non-hydrogen) atoms. The number of benzene rings is 4. The quantitative estimate of drug-likeness (QED) is 0.147. The lowest BCUT2D eigenvalue weighted by Crippen LogP contribution is -2.17. The molecule has 6 nitrogen and oxygen atoms in total. The van der Waals surface area contributed by atoms with E-state index in [9.17, 15) is 4.79 Å². The van der Waals surface area contributed by atoms with Gasteiger partial charge in [0.15, 0.2) is 11.5 Å². The van der Waals surface area contributed by atoms with Crippen LogP contribution in [-0.4, -0.2) is 23.8 Å². The Bertz CT molecular complexity index is 1680. The van der Waals surface area contributed by atoms with Gasteiger partial charge in [-0.3, -0.25) is 4.79 Å². The van der Waals surface area contributed by atoms with Gasteiger partial charge in [0.1, 0.15) is 6.61 Å². The van der Waals surface area contributed by atoms with E-state index >= 15 is 0 Å². The van der Waals surface area contributed by atoms with E-state index in [2.05, 4.69) is 46.3 Å². The maximum absolute atomic E-state index is 12.8. The molecule has 1 amide bonds. The Morgan fingerprint density at radius 3 is 2.37 bits per heavy atom. The van der Waals surface area contributed by atoms with Crippen molar-refractivity contribution in [2.24, 2.45) is 5.10 Å². The summed E-state index contributed by atoms with van der Waals surface area (Å²) in [7, 11) is 1.55. The molecule has 5 aromatic rings. The molecule has 0 bridgehead atoms. The molecule has 0 atom stereocenters. The number of hydrazone groups is 1. The molecule has 5 rings (SSSR count). The normalized spacial score (nSPS) is 11.0. The predicted molar refractivity (Wildman–Crippen MR) is 165 cm³/mol. The van der Waals surface area contributed by atoms with Crippen LogP contribution in [0.15, 0.2) is 108 Å². The average Bonchev–Trinajstić information content (AvgIpc) is 3.38. The number of aromatic nitrogens is 1. The van der Waals surface area contributed by atoms with Crippen LogP contribution in [0.5, 0.6) is 11.5 Å². The minimum Gasteiger partial charge on any atom is -0.493 e. The minimum absolute atomic E-state index is 0.323. The lowest BCUT2D eigenvalue weighted by molar-refractivity contribution is 0.0955. The molecule has 0 spiro atoms. The van der Waals surface area contributed by atoms with E-state index in [1.807, 2.05) is 61.5 Å². The number of nitrogens with one attached hydrogen (secondary N) is 1. The highest BCUT2D eigenvalue weighted by atomic mass is 35.5. The summed E-state index contributed by atoms with van der Waals surface area (Å²) < 4.78 is 13.6. The molecule has 0 saturated carbocycles. The third-order valence-corrected chi connectivity index (χ3v) is 6.95. The molecular formula is C34H30ClN3O3. The molecule has 0 radical (unpaired) electrons. The van der Waals surface area contributed by atoms with Crippen molar-refractivity contribution in [1.82, 2.24) is 9.99 Å². The molecule has 0 aliphatic heterocycles. The van der Waals surface area contributed by atoms with E-state index in [-0.39, 0.29) is 5.91 Å². The van der Waals surface area contributed by atoms with Gasteiger partial charge in [0.25, 0.3) is 5.91 Å². The Hall–Kier alpha value is -4.81. The van der Waals surface area contributed by atoms with Crippen LogP contribution in [0.2, 0.25) is 5.02 Å². The number of ether oxygens (including phenoxy) is 2. The largest absolute Gasteiger partial charge is 0.493 e. The van der Waals surface area contributed by atoms with E-state index in [1.54, 1.807) is 31.4 Å². The number of halogens is 1. The maximum Gasteiger partial charge on any atom is 0.271 e. The van der Waals surface area contributed by atoms with Gasteiger partial charge in [-0.25, -0.2) is 5.43 Å². The second-order valence-corrected chi connectivity index (χ2v) is 10.0. The predicted octanol–water partition coefficient (Wildman–Crippen LogP) is 7.77. The minimum atomic E-state index is -0.323. The van der Waals surface area contributed by atoms with Crippen molar-refractivity contribution < 1.29 is 14.3 Å². The fraction of sp³-hybridized carbons (Fsp3) is 0.118. The highest BCUT2D eigenvalue weighted by molar-refractivity contribution is 6.32. The van der Waals surface area contributed by atoms with Crippen LogP contribution in [-0.2, 0) is 6.61 Å². The third kappa shape index (κ3) is 6.51. The molecule has 206 valence electrons. The van der Waals surface area contributed by atoms with Crippen LogP contribution >= 0.6 is 11.6 Å². The molecule has 0 fully saturated rings. The Kier molecular flexibility index (Phi) is 8.51.